The van der Waals surface area contributed by atoms with Gasteiger partial charge in [-0.05, 0) is 37.1 Å². The van der Waals surface area contributed by atoms with Crippen LogP contribution in [0, 0.1) is 58.4 Å². The van der Waals surface area contributed by atoms with Crippen molar-refractivity contribution in [2.75, 3.05) is 22.9 Å². The van der Waals surface area contributed by atoms with Gasteiger partial charge in [0, 0.05) is 47.2 Å². The van der Waals surface area contributed by atoms with Crippen LogP contribution in [0.5, 0.6) is 0 Å². The standard InChI is InChI=1S/2C16H22F2NO.2C5H5.Ti/c2*1-5-7-10-19(15(20)16(3,4)6-2)14-9-8-12(17)11-13(14)18;2*1-2-4-5-3-1;/h2*8-9H,5-7,10H2,1-4H3;2*1-3H,4H2;/q4*-1;+4. The first-order chi connectivity index (χ1) is 23.7. The summed E-state index contributed by atoms with van der Waals surface area (Å²) in [5.41, 5.74) is -0.943. The van der Waals surface area contributed by atoms with Gasteiger partial charge in [-0.2, -0.15) is 12.2 Å². The molecule has 0 atom stereocenters. The number of unbranched alkanes of at least 4 members (excludes halogenated alkanes) is 2. The van der Waals surface area contributed by atoms with Crippen molar-refractivity contribution in [3.05, 3.63) is 108 Å². The molecular formula is C42H54F4N2O2Ti. The quantitative estimate of drug-likeness (QED) is 0.123. The summed E-state index contributed by atoms with van der Waals surface area (Å²) in [7, 11) is 0. The van der Waals surface area contributed by atoms with E-state index in [9.17, 15) is 27.2 Å². The van der Waals surface area contributed by atoms with Crippen LogP contribution in [0.25, 0.3) is 0 Å². The molecule has 0 aromatic heterocycles. The maximum atomic E-state index is 13.9. The Morgan fingerprint density at radius 2 is 1.00 bits per heavy atom. The van der Waals surface area contributed by atoms with Crippen LogP contribution in [0.2, 0.25) is 0 Å². The number of nitrogens with zero attached hydrogens (tertiary/aromatic N) is 2. The number of amides is 2. The van der Waals surface area contributed by atoms with Gasteiger partial charge in [0.1, 0.15) is 0 Å². The minimum absolute atomic E-state index is 0. The Labute approximate surface area is 319 Å². The van der Waals surface area contributed by atoms with Crippen molar-refractivity contribution in [1.29, 1.82) is 0 Å². The monoisotopic (exact) mass is 742 g/mol. The van der Waals surface area contributed by atoms with E-state index in [1.54, 1.807) is 0 Å². The molecule has 4 rings (SSSR count). The molecule has 9 heteroatoms. The molecule has 2 aromatic carbocycles. The number of carbonyl (C=O) groups excluding carboxylic acids is 2. The van der Waals surface area contributed by atoms with Gasteiger partial charge in [-0.15, -0.1) is 49.2 Å². The Balaban J connectivity index is 0.000000754. The molecule has 51 heavy (non-hydrogen) atoms. The van der Waals surface area contributed by atoms with Crippen molar-refractivity contribution in [3.63, 3.8) is 0 Å². The molecule has 2 amide bonds. The molecule has 4 nitrogen and oxygen atoms in total. The number of allylic oxidation sites excluding steroid dienone is 8. The Morgan fingerprint density at radius 3 is 1.22 bits per heavy atom. The van der Waals surface area contributed by atoms with Crippen molar-refractivity contribution in [2.45, 2.75) is 107 Å². The predicted octanol–water partition coefficient (Wildman–Crippen LogP) is 11.3. The van der Waals surface area contributed by atoms with E-state index in [4.69, 9.17) is 0 Å². The molecule has 2 aromatic rings. The maximum Gasteiger partial charge on any atom is 4.00 e. The second-order valence-electron chi connectivity index (χ2n) is 13.1. The first-order valence-corrected chi connectivity index (χ1v) is 17.5. The second kappa shape index (κ2) is 24.9. The molecule has 0 aliphatic heterocycles. The van der Waals surface area contributed by atoms with Crippen molar-refractivity contribution < 1.29 is 48.9 Å². The zero-order valence-corrected chi connectivity index (χ0v) is 33.1. The Morgan fingerprint density at radius 1 is 0.647 bits per heavy atom. The van der Waals surface area contributed by atoms with Gasteiger partial charge in [0.15, 0.2) is 0 Å². The Hall–Kier alpha value is -3.23. The van der Waals surface area contributed by atoms with E-state index in [0.29, 0.717) is 25.9 Å². The summed E-state index contributed by atoms with van der Waals surface area (Å²) in [6.07, 6.45) is 24.6. The minimum atomic E-state index is -0.818. The number of anilines is 2. The molecule has 0 saturated heterocycles. The van der Waals surface area contributed by atoms with E-state index >= 15 is 0 Å². The van der Waals surface area contributed by atoms with Crippen molar-refractivity contribution in [2.24, 2.45) is 10.8 Å². The molecule has 0 radical (unpaired) electrons. The third-order valence-corrected chi connectivity index (χ3v) is 8.32. The number of rotatable bonds is 12. The average molecular weight is 743 g/mol. The first kappa shape index (κ1) is 47.8. The molecule has 0 unspecified atom stereocenters. The molecule has 0 spiro atoms. The van der Waals surface area contributed by atoms with Crippen LogP contribution in [0.15, 0.2) is 60.7 Å². The van der Waals surface area contributed by atoms with Gasteiger partial charge < -0.3 is 9.80 Å². The van der Waals surface area contributed by atoms with Gasteiger partial charge in [0.05, 0.1) is 0 Å². The first-order valence-electron chi connectivity index (χ1n) is 17.5. The number of carbonyl (C=O) groups is 2. The zero-order valence-electron chi connectivity index (χ0n) is 31.6. The summed E-state index contributed by atoms with van der Waals surface area (Å²) in [5.74, 6) is -3.45. The molecular weight excluding hydrogens is 688 g/mol. The summed E-state index contributed by atoms with van der Waals surface area (Å²) in [6, 6.07) is 8.85. The maximum absolute atomic E-state index is 13.9. The fourth-order valence-corrected chi connectivity index (χ4v) is 4.30. The number of halogens is 4. The van der Waals surface area contributed by atoms with Crippen LogP contribution >= 0.6 is 0 Å². The summed E-state index contributed by atoms with van der Waals surface area (Å²) in [5, 5.41) is 0. The van der Waals surface area contributed by atoms with E-state index in [0.717, 1.165) is 50.7 Å². The van der Waals surface area contributed by atoms with Gasteiger partial charge in [0.25, 0.3) is 0 Å². The van der Waals surface area contributed by atoms with Crippen LogP contribution < -0.4 is 9.80 Å². The van der Waals surface area contributed by atoms with E-state index in [1.807, 2.05) is 91.8 Å². The topological polar surface area (TPSA) is 40.6 Å². The van der Waals surface area contributed by atoms with Gasteiger partial charge in [0.2, 0.25) is 11.8 Å². The van der Waals surface area contributed by atoms with Gasteiger partial charge in [-0.1, -0.05) is 68.2 Å². The molecule has 2 aliphatic carbocycles. The second-order valence-corrected chi connectivity index (χ2v) is 13.1. The van der Waals surface area contributed by atoms with Crippen molar-refractivity contribution in [1.82, 2.24) is 0 Å². The normalized spacial score (nSPS) is 12.5. The molecule has 276 valence electrons. The van der Waals surface area contributed by atoms with Crippen LogP contribution in [-0.4, -0.2) is 24.9 Å². The molecule has 0 bridgehead atoms. The van der Waals surface area contributed by atoms with E-state index in [1.165, 1.54) is 21.9 Å². The number of benzene rings is 2. The summed E-state index contributed by atoms with van der Waals surface area (Å²) in [6.45, 7) is 16.0. The van der Waals surface area contributed by atoms with Gasteiger partial charge in [-0.3, -0.25) is 21.7 Å². The molecule has 0 saturated carbocycles. The van der Waals surface area contributed by atoms with E-state index in [2.05, 4.69) is 24.3 Å². The van der Waals surface area contributed by atoms with Gasteiger partial charge in [-0.25, -0.2) is 41.9 Å². The smallest absolute Gasteiger partial charge is 0.363 e. The van der Waals surface area contributed by atoms with Crippen LogP contribution in [-0.2, 0) is 31.3 Å². The third-order valence-electron chi connectivity index (χ3n) is 8.32. The molecule has 2 aliphatic rings. The Kier molecular flexibility index (Phi) is 23.3. The Bertz CT molecular complexity index is 1340. The van der Waals surface area contributed by atoms with E-state index < -0.39 is 34.1 Å². The van der Waals surface area contributed by atoms with Crippen LogP contribution in [0.3, 0.4) is 0 Å². The SMILES string of the molecule is CCCCN(C(=O)C(C)(C)CC)c1ccc(F)[c-]c1F.CCCCN(C(=O)C(C)(C)CC)c1ccc(F)[c-]c1F.[C-]1=CC=CC1.[C-]1=CC=CC1.[Ti+4]. The zero-order chi connectivity index (χ0) is 37.7. The molecule has 0 N–H and O–H groups in total. The summed E-state index contributed by atoms with van der Waals surface area (Å²) >= 11 is 0. The minimum Gasteiger partial charge on any atom is -0.363 e. The van der Waals surface area contributed by atoms with Crippen molar-refractivity contribution in [3.8, 4) is 0 Å². The fraction of sp³-hybridized carbons (Fsp3) is 0.476. The van der Waals surface area contributed by atoms with E-state index in [-0.39, 0.29) is 44.9 Å². The van der Waals surface area contributed by atoms with Crippen molar-refractivity contribution >= 4 is 23.2 Å². The van der Waals surface area contributed by atoms with Crippen LogP contribution in [0.4, 0.5) is 28.9 Å². The average Bonchev–Trinajstić information content (AvgIpc) is 3.87. The van der Waals surface area contributed by atoms with Gasteiger partial charge >= 0.3 is 21.7 Å². The summed E-state index contributed by atoms with van der Waals surface area (Å²) < 4.78 is 53.7. The summed E-state index contributed by atoms with van der Waals surface area (Å²) in [4.78, 5) is 28.0. The molecule has 0 heterocycles. The largest absolute Gasteiger partial charge is 4.00 e. The third kappa shape index (κ3) is 16.8. The number of hydrogen-bond donors (Lipinski definition) is 0. The fourth-order valence-electron chi connectivity index (χ4n) is 4.30. The predicted molar refractivity (Wildman–Crippen MR) is 196 cm³/mol. The number of hydrogen-bond acceptors (Lipinski definition) is 2. The van der Waals surface area contributed by atoms with Crippen LogP contribution in [0.1, 0.15) is 107 Å². The molecule has 0 fully saturated rings.